The molecule has 3 aromatic rings. The molecule has 3 saturated heterocycles. The van der Waals surface area contributed by atoms with Crippen LogP contribution in [0, 0.1) is 0 Å². The van der Waals surface area contributed by atoms with Crippen LogP contribution in [-0.2, 0) is 32.8 Å². The predicted octanol–water partition coefficient (Wildman–Crippen LogP) is 2.53. The van der Waals surface area contributed by atoms with E-state index in [1.165, 1.54) is 5.56 Å². The lowest BCUT2D eigenvalue weighted by molar-refractivity contribution is -0.133. The minimum Gasteiger partial charge on any atom is -0.484 e. The largest absolute Gasteiger partial charge is 0.484 e. The molecule has 34 heavy (non-hydrogen) atoms. The van der Waals surface area contributed by atoms with Crippen molar-refractivity contribution in [2.75, 3.05) is 26.4 Å². The summed E-state index contributed by atoms with van der Waals surface area (Å²) in [6, 6.07) is 6.04. The van der Waals surface area contributed by atoms with E-state index in [9.17, 15) is 4.79 Å². The number of carbonyl (C=O) groups excluding carboxylic acids is 1. The molecule has 2 aromatic heterocycles. The van der Waals surface area contributed by atoms with E-state index in [-0.39, 0.29) is 23.1 Å². The van der Waals surface area contributed by atoms with E-state index >= 15 is 0 Å². The molecule has 9 heteroatoms. The molecule has 0 radical (unpaired) electrons. The number of rotatable bonds is 4. The molecule has 2 bridgehead atoms. The van der Waals surface area contributed by atoms with E-state index in [1.807, 2.05) is 41.0 Å². The average molecular weight is 462 g/mol. The molecule has 1 spiro atoms. The van der Waals surface area contributed by atoms with Gasteiger partial charge >= 0.3 is 0 Å². The van der Waals surface area contributed by atoms with Crippen molar-refractivity contribution in [2.45, 2.75) is 56.4 Å². The smallest absolute Gasteiger partial charge is 0.225 e. The monoisotopic (exact) mass is 461 g/mol. The van der Waals surface area contributed by atoms with Gasteiger partial charge < -0.3 is 19.1 Å². The first-order chi connectivity index (χ1) is 16.6. The van der Waals surface area contributed by atoms with Crippen molar-refractivity contribution in [3.63, 3.8) is 0 Å². The molecule has 9 nitrogen and oxygen atoms in total. The summed E-state index contributed by atoms with van der Waals surface area (Å²) < 4.78 is 19.6. The van der Waals surface area contributed by atoms with Gasteiger partial charge in [0.05, 0.1) is 55.6 Å². The summed E-state index contributed by atoms with van der Waals surface area (Å²) in [5.74, 6) is 0.974. The van der Waals surface area contributed by atoms with Gasteiger partial charge in [0.25, 0.3) is 0 Å². The Bertz CT molecular complexity index is 1300. The topological polar surface area (TPSA) is 91.6 Å². The van der Waals surface area contributed by atoms with Crippen LogP contribution in [-0.4, -0.2) is 62.7 Å². The highest BCUT2D eigenvalue weighted by Gasteiger charge is 2.68. The molecule has 1 atom stereocenters. The zero-order valence-corrected chi connectivity index (χ0v) is 19.2. The molecule has 0 unspecified atom stereocenters. The number of aromatic nitrogens is 4. The van der Waals surface area contributed by atoms with Gasteiger partial charge in [0.15, 0.2) is 0 Å². The molecule has 1 aliphatic carbocycles. The average Bonchev–Trinajstić information content (AvgIpc) is 3.51. The van der Waals surface area contributed by atoms with Crippen LogP contribution >= 0.6 is 0 Å². The lowest BCUT2D eigenvalue weighted by atomic mass is 9.68. The number of benzene rings is 1. The second-order valence-electron chi connectivity index (χ2n) is 10.2. The SMILES string of the molecule is C[C@@H](Oc1ccc2ncc3c(c2c1)CCOC3)c1cn(C23CN4C(=O)CCOCC4(C2)C3)nn1. The Morgan fingerprint density at radius 2 is 2.03 bits per heavy atom. The Hall–Kier alpha value is -3.04. The Balaban J connectivity index is 1.11. The van der Waals surface area contributed by atoms with Gasteiger partial charge in [0.2, 0.25) is 5.91 Å². The van der Waals surface area contributed by atoms with E-state index in [0.29, 0.717) is 32.8 Å². The van der Waals surface area contributed by atoms with Gasteiger partial charge in [0.1, 0.15) is 17.5 Å². The van der Waals surface area contributed by atoms with Crippen LogP contribution < -0.4 is 4.74 Å². The van der Waals surface area contributed by atoms with E-state index in [0.717, 1.165) is 53.8 Å². The fourth-order valence-corrected chi connectivity index (χ4v) is 6.34. The summed E-state index contributed by atoms with van der Waals surface area (Å²) in [4.78, 5) is 19.2. The summed E-state index contributed by atoms with van der Waals surface area (Å²) in [6.07, 6.45) is 6.73. The van der Waals surface area contributed by atoms with Crippen molar-refractivity contribution >= 4 is 16.8 Å². The predicted molar refractivity (Wildman–Crippen MR) is 121 cm³/mol. The van der Waals surface area contributed by atoms with Crippen LogP contribution in [0.15, 0.2) is 30.6 Å². The van der Waals surface area contributed by atoms with Gasteiger partial charge in [-0.3, -0.25) is 9.78 Å². The first-order valence-electron chi connectivity index (χ1n) is 12.0. The van der Waals surface area contributed by atoms with E-state index < -0.39 is 0 Å². The third-order valence-electron chi connectivity index (χ3n) is 7.99. The lowest BCUT2D eigenvalue weighted by Crippen LogP contribution is -2.56. The molecule has 6 heterocycles. The number of nitrogens with zero attached hydrogens (tertiary/aromatic N) is 5. The van der Waals surface area contributed by atoms with Crippen LogP contribution in [0.5, 0.6) is 5.75 Å². The van der Waals surface area contributed by atoms with E-state index in [2.05, 4.69) is 21.4 Å². The normalized spacial score (nSPS) is 28.7. The van der Waals surface area contributed by atoms with Crippen molar-refractivity contribution in [1.29, 1.82) is 0 Å². The van der Waals surface area contributed by atoms with Crippen LogP contribution in [0.3, 0.4) is 0 Å². The number of carbonyl (C=O) groups is 1. The van der Waals surface area contributed by atoms with Crippen molar-refractivity contribution in [2.24, 2.45) is 0 Å². The molecular formula is C25H27N5O4. The Kier molecular flexibility index (Phi) is 4.32. The minimum absolute atomic E-state index is 0.162. The van der Waals surface area contributed by atoms with Gasteiger partial charge in [-0.05, 0) is 42.7 Å². The fourth-order valence-electron chi connectivity index (χ4n) is 6.34. The maximum atomic E-state index is 12.6. The summed E-state index contributed by atoms with van der Waals surface area (Å²) in [5, 5.41) is 10.0. The number of pyridine rings is 1. The number of ether oxygens (including phenoxy) is 3. The molecular weight excluding hydrogens is 434 g/mol. The standard InChI is InChI=1S/C25H27N5O4/c1-16(34-18-2-3-21-20(8-18)19-4-6-32-11-17(19)9-26-21)22-10-30(28-27-22)24-12-25(13-24)15-33-7-5-23(31)29(25)14-24/h2-3,8-10,16H,4-7,11-15H2,1H3/t16-,24?,25?/m1/s1. The van der Waals surface area contributed by atoms with Gasteiger partial charge in [-0.1, -0.05) is 5.21 Å². The third kappa shape index (κ3) is 2.93. The first-order valence-corrected chi connectivity index (χ1v) is 12.0. The Morgan fingerprint density at radius 1 is 1.15 bits per heavy atom. The highest BCUT2D eigenvalue weighted by molar-refractivity contribution is 5.84. The molecule has 5 aliphatic rings. The Labute approximate surface area is 197 Å². The van der Waals surface area contributed by atoms with Crippen molar-refractivity contribution < 1.29 is 19.0 Å². The quantitative estimate of drug-likeness (QED) is 0.590. The molecule has 4 fully saturated rings. The lowest BCUT2D eigenvalue weighted by Gasteiger charge is -2.46. The number of hydrogen-bond acceptors (Lipinski definition) is 7. The summed E-state index contributed by atoms with van der Waals surface area (Å²) >= 11 is 0. The maximum Gasteiger partial charge on any atom is 0.225 e. The van der Waals surface area contributed by atoms with E-state index in [4.69, 9.17) is 14.2 Å². The zero-order valence-electron chi connectivity index (χ0n) is 19.2. The van der Waals surface area contributed by atoms with Gasteiger partial charge in [0, 0.05) is 31.0 Å². The molecule has 176 valence electrons. The van der Waals surface area contributed by atoms with E-state index in [1.54, 1.807) is 0 Å². The Morgan fingerprint density at radius 3 is 2.94 bits per heavy atom. The van der Waals surface area contributed by atoms with Gasteiger partial charge in [-0.2, -0.15) is 0 Å². The fraction of sp³-hybridized carbons (Fsp3) is 0.520. The zero-order chi connectivity index (χ0) is 22.9. The van der Waals surface area contributed by atoms with Gasteiger partial charge in [-0.15, -0.1) is 5.10 Å². The van der Waals surface area contributed by atoms with Gasteiger partial charge in [-0.25, -0.2) is 4.68 Å². The first kappa shape index (κ1) is 20.3. The van der Waals surface area contributed by atoms with Crippen molar-refractivity contribution in [3.05, 3.63) is 47.4 Å². The minimum atomic E-state index is -0.260. The second kappa shape index (κ2) is 7.23. The molecule has 1 aromatic carbocycles. The number of hydrogen-bond donors (Lipinski definition) is 0. The molecule has 1 saturated carbocycles. The molecule has 0 N–H and O–H groups in total. The number of fused-ring (bicyclic) bond motifs is 3. The van der Waals surface area contributed by atoms with Crippen LogP contribution in [0.25, 0.3) is 10.9 Å². The summed E-state index contributed by atoms with van der Waals surface area (Å²) in [5.41, 5.74) is 3.85. The molecule has 8 rings (SSSR count). The van der Waals surface area contributed by atoms with Crippen LogP contribution in [0.4, 0.5) is 0 Å². The number of amides is 1. The van der Waals surface area contributed by atoms with Crippen LogP contribution in [0.2, 0.25) is 0 Å². The second-order valence-corrected chi connectivity index (χ2v) is 10.2. The molecule has 4 aliphatic heterocycles. The third-order valence-corrected chi connectivity index (χ3v) is 7.99. The highest BCUT2D eigenvalue weighted by atomic mass is 16.5. The summed E-state index contributed by atoms with van der Waals surface area (Å²) in [7, 11) is 0. The molecule has 1 amide bonds. The summed E-state index contributed by atoms with van der Waals surface area (Å²) in [6.45, 7) is 5.15. The maximum absolute atomic E-state index is 12.6. The van der Waals surface area contributed by atoms with Crippen molar-refractivity contribution in [3.8, 4) is 5.75 Å². The highest BCUT2D eigenvalue weighted by Crippen LogP contribution is 2.58. The van der Waals surface area contributed by atoms with Crippen LogP contribution in [0.1, 0.15) is 49.1 Å². The van der Waals surface area contributed by atoms with Crippen molar-refractivity contribution in [1.82, 2.24) is 24.9 Å².